The highest BCUT2D eigenvalue weighted by Gasteiger charge is 2.16. The molecule has 0 spiro atoms. The summed E-state index contributed by atoms with van der Waals surface area (Å²) in [5, 5.41) is 13.7. The molecule has 3 aromatic rings. The average Bonchev–Trinajstić information content (AvgIpc) is 2.88. The smallest absolute Gasteiger partial charge is 0.280 e. The van der Waals surface area contributed by atoms with E-state index in [0.29, 0.717) is 5.82 Å². The van der Waals surface area contributed by atoms with E-state index < -0.39 is 0 Å². The lowest BCUT2D eigenvalue weighted by atomic mass is 10.1. The SMILES string of the molecule is Cc1cc(Br)ccc1-c1noc(-c2ncccc2O)n1. The monoisotopic (exact) mass is 331 g/mol. The lowest BCUT2D eigenvalue weighted by Gasteiger charge is -2.00. The molecular formula is C14H10BrN3O2. The van der Waals surface area contributed by atoms with Crippen molar-refractivity contribution in [2.75, 3.05) is 0 Å². The minimum atomic E-state index is 0.00947. The number of nitrogens with zero attached hydrogens (tertiary/aromatic N) is 3. The first kappa shape index (κ1) is 12.8. The molecule has 0 saturated heterocycles. The van der Waals surface area contributed by atoms with E-state index in [9.17, 15) is 5.11 Å². The Labute approximate surface area is 123 Å². The lowest BCUT2D eigenvalue weighted by molar-refractivity contribution is 0.423. The summed E-state index contributed by atoms with van der Waals surface area (Å²) >= 11 is 3.41. The second kappa shape index (κ2) is 5.05. The molecule has 0 atom stereocenters. The zero-order chi connectivity index (χ0) is 14.1. The number of aryl methyl sites for hydroxylation is 1. The Morgan fingerprint density at radius 3 is 2.85 bits per heavy atom. The van der Waals surface area contributed by atoms with E-state index in [2.05, 4.69) is 31.1 Å². The van der Waals surface area contributed by atoms with Gasteiger partial charge < -0.3 is 9.63 Å². The normalized spacial score (nSPS) is 10.7. The van der Waals surface area contributed by atoms with E-state index in [4.69, 9.17) is 4.52 Å². The Balaban J connectivity index is 2.04. The number of halogens is 1. The minimum Gasteiger partial charge on any atom is -0.505 e. The van der Waals surface area contributed by atoms with Crippen molar-refractivity contribution in [2.45, 2.75) is 6.92 Å². The fraction of sp³-hybridized carbons (Fsp3) is 0.0714. The van der Waals surface area contributed by atoms with Crippen LogP contribution in [-0.4, -0.2) is 20.2 Å². The van der Waals surface area contributed by atoms with Crippen LogP contribution in [0.4, 0.5) is 0 Å². The number of aromatic nitrogens is 3. The molecule has 1 aromatic carbocycles. The summed E-state index contributed by atoms with van der Waals surface area (Å²) in [6, 6.07) is 8.96. The summed E-state index contributed by atoms with van der Waals surface area (Å²) < 4.78 is 6.17. The summed E-state index contributed by atoms with van der Waals surface area (Å²) in [5.74, 6) is 0.672. The van der Waals surface area contributed by atoms with E-state index in [1.807, 2.05) is 25.1 Å². The maximum atomic E-state index is 9.74. The zero-order valence-electron chi connectivity index (χ0n) is 10.5. The zero-order valence-corrected chi connectivity index (χ0v) is 12.1. The van der Waals surface area contributed by atoms with Gasteiger partial charge in [0, 0.05) is 16.2 Å². The van der Waals surface area contributed by atoms with E-state index >= 15 is 0 Å². The maximum Gasteiger partial charge on any atom is 0.280 e. The first-order chi connectivity index (χ1) is 9.65. The van der Waals surface area contributed by atoms with Gasteiger partial charge in [-0.1, -0.05) is 21.1 Å². The maximum absolute atomic E-state index is 9.74. The highest BCUT2D eigenvalue weighted by atomic mass is 79.9. The Morgan fingerprint density at radius 2 is 2.10 bits per heavy atom. The highest BCUT2D eigenvalue weighted by molar-refractivity contribution is 9.10. The molecule has 0 aliphatic carbocycles. The van der Waals surface area contributed by atoms with Crippen LogP contribution in [-0.2, 0) is 0 Å². The molecule has 0 aliphatic rings. The van der Waals surface area contributed by atoms with Crippen molar-refractivity contribution in [3.05, 3.63) is 46.6 Å². The van der Waals surface area contributed by atoms with E-state index in [-0.39, 0.29) is 17.3 Å². The van der Waals surface area contributed by atoms with Gasteiger partial charge in [0.1, 0.15) is 5.75 Å². The van der Waals surface area contributed by atoms with Crippen LogP contribution in [0.5, 0.6) is 5.75 Å². The molecule has 2 aromatic heterocycles. The molecule has 0 fully saturated rings. The van der Waals surface area contributed by atoms with Crippen molar-refractivity contribution in [2.24, 2.45) is 0 Å². The van der Waals surface area contributed by atoms with Gasteiger partial charge in [-0.15, -0.1) is 0 Å². The third-order valence-corrected chi connectivity index (χ3v) is 3.34. The molecule has 0 aliphatic heterocycles. The predicted molar refractivity (Wildman–Crippen MR) is 77.1 cm³/mol. The van der Waals surface area contributed by atoms with Gasteiger partial charge in [0.15, 0.2) is 5.69 Å². The van der Waals surface area contributed by atoms with Crippen molar-refractivity contribution >= 4 is 15.9 Å². The number of hydrogen-bond acceptors (Lipinski definition) is 5. The fourth-order valence-electron chi connectivity index (χ4n) is 1.87. The van der Waals surface area contributed by atoms with Crippen LogP contribution in [0.1, 0.15) is 5.56 Å². The van der Waals surface area contributed by atoms with Crippen molar-refractivity contribution < 1.29 is 9.63 Å². The molecule has 6 heteroatoms. The van der Waals surface area contributed by atoms with Gasteiger partial charge >= 0.3 is 0 Å². The van der Waals surface area contributed by atoms with Gasteiger partial charge in [0.25, 0.3) is 5.89 Å². The lowest BCUT2D eigenvalue weighted by Crippen LogP contribution is -1.87. The van der Waals surface area contributed by atoms with Gasteiger partial charge in [-0.25, -0.2) is 4.98 Å². The summed E-state index contributed by atoms with van der Waals surface area (Å²) in [6.07, 6.45) is 1.56. The molecule has 2 heterocycles. The largest absolute Gasteiger partial charge is 0.505 e. The van der Waals surface area contributed by atoms with Gasteiger partial charge in [-0.05, 0) is 42.8 Å². The molecule has 1 N–H and O–H groups in total. The van der Waals surface area contributed by atoms with Crippen LogP contribution in [0.15, 0.2) is 45.5 Å². The summed E-state index contributed by atoms with van der Waals surface area (Å²) in [7, 11) is 0. The van der Waals surface area contributed by atoms with Gasteiger partial charge in [-0.2, -0.15) is 4.98 Å². The third kappa shape index (κ3) is 2.30. The highest BCUT2D eigenvalue weighted by Crippen LogP contribution is 2.28. The Kier molecular flexibility index (Phi) is 3.23. The Bertz CT molecular complexity index is 771. The first-order valence-electron chi connectivity index (χ1n) is 5.90. The van der Waals surface area contributed by atoms with Crippen LogP contribution in [0.25, 0.3) is 23.0 Å². The van der Waals surface area contributed by atoms with E-state index in [1.54, 1.807) is 12.3 Å². The summed E-state index contributed by atoms with van der Waals surface area (Å²) in [6.45, 7) is 1.97. The van der Waals surface area contributed by atoms with Crippen LogP contribution in [0, 0.1) is 6.92 Å². The molecule has 20 heavy (non-hydrogen) atoms. The number of benzene rings is 1. The second-order valence-corrected chi connectivity index (χ2v) is 5.17. The van der Waals surface area contributed by atoms with Crippen molar-refractivity contribution in [3.8, 4) is 28.7 Å². The van der Waals surface area contributed by atoms with E-state index in [0.717, 1.165) is 15.6 Å². The van der Waals surface area contributed by atoms with Crippen LogP contribution in [0.3, 0.4) is 0 Å². The van der Waals surface area contributed by atoms with Crippen molar-refractivity contribution in [1.82, 2.24) is 15.1 Å². The van der Waals surface area contributed by atoms with Crippen LogP contribution >= 0.6 is 15.9 Å². The number of pyridine rings is 1. The molecule has 0 amide bonds. The Morgan fingerprint density at radius 1 is 1.25 bits per heavy atom. The molecule has 0 saturated carbocycles. The third-order valence-electron chi connectivity index (χ3n) is 2.84. The second-order valence-electron chi connectivity index (χ2n) is 4.25. The quantitative estimate of drug-likeness (QED) is 0.777. The number of hydrogen-bond donors (Lipinski definition) is 1. The molecular weight excluding hydrogens is 322 g/mol. The predicted octanol–water partition coefficient (Wildman–Crippen LogP) is 3.58. The van der Waals surface area contributed by atoms with Crippen LogP contribution < -0.4 is 0 Å². The summed E-state index contributed by atoms with van der Waals surface area (Å²) in [5.41, 5.74) is 2.18. The Hall–Kier alpha value is -2.21. The van der Waals surface area contributed by atoms with Crippen molar-refractivity contribution in [3.63, 3.8) is 0 Å². The van der Waals surface area contributed by atoms with E-state index in [1.165, 1.54) is 6.07 Å². The molecule has 100 valence electrons. The minimum absolute atomic E-state index is 0.00947. The number of rotatable bonds is 2. The van der Waals surface area contributed by atoms with Gasteiger partial charge in [0.05, 0.1) is 0 Å². The summed E-state index contributed by atoms with van der Waals surface area (Å²) in [4.78, 5) is 8.32. The average molecular weight is 332 g/mol. The van der Waals surface area contributed by atoms with Gasteiger partial charge in [0.2, 0.25) is 5.82 Å². The fourth-order valence-corrected chi connectivity index (χ4v) is 2.34. The molecule has 0 radical (unpaired) electrons. The first-order valence-corrected chi connectivity index (χ1v) is 6.69. The standard InChI is InChI=1S/C14H10BrN3O2/c1-8-7-9(15)4-5-10(8)13-17-14(20-18-13)12-11(19)3-2-6-16-12/h2-7,19H,1H3. The topological polar surface area (TPSA) is 72.0 Å². The van der Waals surface area contributed by atoms with Crippen LogP contribution in [0.2, 0.25) is 0 Å². The molecule has 0 unspecified atom stereocenters. The molecule has 3 rings (SSSR count). The number of aromatic hydroxyl groups is 1. The molecule has 5 nitrogen and oxygen atoms in total. The van der Waals surface area contributed by atoms with Gasteiger partial charge in [-0.3, -0.25) is 0 Å². The van der Waals surface area contributed by atoms with Crippen molar-refractivity contribution in [1.29, 1.82) is 0 Å². The molecule has 0 bridgehead atoms.